The number of carbonyl (C=O) groups is 2. The molecule has 0 spiro atoms. The first-order chi connectivity index (χ1) is 12.8. The zero-order valence-corrected chi connectivity index (χ0v) is 17.3. The van der Waals surface area contributed by atoms with Gasteiger partial charge in [-0.3, -0.25) is 9.59 Å². The Kier molecular flexibility index (Phi) is 10.4. The van der Waals surface area contributed by atoms with E-state index in [0.29, 0.717) is 12.4 Å². The Morgan fingerprint density at radius 1 is 1.22 bits per heavy atom. The second-order valence-corrected chi connectivity index (χ2v) is 8.50. The summed E-state index contributed by atoms with van der Waals surface area (Å²) in [6.07, 6.45) is 2.09. The highest BCUT2D eigenvalue weighted by Gasteiger charge is 2.27. The normalized spacial score (nSPS) is 13.6. The van der Waals surface area contributed by atoms with E-state index in [1.165, 1.54) is 31.0 Å². The highest BCUT2D eigenvalue weighted by molar-refractivity contribution is 7.98. The molecular formula is C17H26N2O6S2. The summed E-state index contributed by atoms with van der Waals surface area (Å²) in [7, 11) is -2.37. The van der Waals surface area contributed by atoms with Gasteiger partial charge in [-0.2, -0.15) is 16.5 Å². The van der Waals surface area contributed by atoms with Gasteiger partial charge in [0.05, 0.1) is 11.5 Å². The van der Waals surface area contributed by atoms with Crippen molar-refractivity contribution < 1.29 is 27.5 Å². The first-order valence-electron chi connectivity index (χ1n) is 8.31. The monoisotopic (exact) mass is 418 g/mol. The molecule has 1 aromatic carbocycles. The second kappa shape index (κ2) is 12.0. The number of sulfonamides is 1. The summed E-state index contributed by atoms with van der Waals surface area (Å²) < 4.78 is 37.2. The minimum absolute atomic E-state index is 0.0538. The smallest absolute Gasteiger partial charge is 0.324 e. The minimum Gasteiger partial charge on any atom is -0.454 e. The van der Waals surface area contributed by atoms with Crippen molar-refractivity contribution in [3.8, 4) is 0 Å². The molecule has 1 aromatic rings. The number of carbonyl (C=O) groups excluding carboxylic acids is 2. The predicted octanol–water partition coefficient (Wildman–Crippen LogP) is 0.781. The van der Waals surface area contributed by atoms with Gasteiger partial charge in [-0.05, 0) is 37.5 Å². The molecule has 0 aliphatic heterocycles. The Morgan fingerprint density at radius 2 is 1.89 bits per heavy atom. The molecule has 0 fully saturated rings. The van der Waals surface area contributed by atoms with Crippen LogP contribution < -0.4 is 10.0 Å². The SMILES string of the molecule is COCC(C)NC(=O)COC(=O)C(CCSC)NS(=O)(=O)c1ccccc1. The summed E-state index contributed by atoms with van der Waals surface area (Å²) in [6, 6.07) is 6.44. The fourth-order valence-corrected chi connectivity index (χ4v) is 3.87. The molecule has 1 rings (SSSR count). The molecule has 0 aliphatic rings. The first kappa shape index (κ1) is 23.4. The number of methoxy groups -OCH3 is 1. The number of hydrogen-bond acceptors (Lipinski definition) is 7. The molecule has 0 heterocycles. The van der Waals surface area contributed by atoms with E-state index in [1.54, 1.807) is 25.1 Å². The van der Waals surface area contributed by atoms with Gasteiger partial charge in [0, 0.05) is 13.2 Å². The van der Waals surface area contributed by atoms with Crippen LogP contribution in [0.25, 0.3) is 0 Å². The summed E-state index contributed by atoms with van der Waals surface area (Å²) in [5, 5.41) is 2.61. The average molecular weight is 419 g/mol. The van der Waals surface area contributed by atoms with Gasteiger partial charge in [0.25, 0.3) is 5.91 Å². The third-order valence-corrected chi connectivity index (χ3v) is 5.55. The summed E-state index contributed by atoms with van der Waals surface area (Å²) in [5.74, 6) is -0.728. The lowest BCUT2D eigenvalue weighted by molar-refractivity contribution is -0.150. The van der Waals surface area contributed by atoms with Gasteiger partial charge in [-0.1, -0.05) is 18.2 Å². The van der Waals surface area contributed by atoms with E-state index in [1.807, 2.05) is 6.26 Å². The molecule has 1 amide bonds. The van der Waals surface area contributed by atoms with E-state index in [2.05, 4.69) is 10.0 Å². The zero-order valence-electron chi connectivity index (χ0n) is 15.6. The maximum Gasteiger partial charge on any atom is 0.324 e. The van der Waals surface area contributed by atoms with Gasteiger partial charge < -0.3 is 14.8 Å². The van der Waals surface area contributed by atoms with Crippen molar-refractivity contribution in [3.63, 3.8) is 0 Å². The van der Waals surface area contributed by atoms with Crippen molar-refractivity contribution in [2.45, 2.75) is 30.3 Å². The Morgan fingerprint density at radius 3 is 2.48 bits per heavy atom. The molecule has 8 nitrogen and oxygen atoms in total. The molecule has 0 aromatic heterocycles. The molecule has 0 aliphatic carbocycles. The minimum atomic E-state index is -3.88. The van der Waals surface area contributed by atoms with Crippen molar-refractivity contribution in [3.05, 3.63) is 30.3 Å². The number of benzene rings is 1. The van der Waals surface area contributed by atoms with Crippen LogP contribution in [0.4, 0.5) is 0 Å². The van der Waals surface area contributed by atoms with Crippen LogP contribution in [0.5, 0.6) is 0 Å². The van der Waals surface area contributed by atoms with Crippen molar-refractivity contribution in [2.24, 2.45) is 0 Å². The highest BCUT2D eigenvalue weighted by atomic mass is 32.2. The highest BCUT2D eigenvalue weighted by Crippen LogP contribution is 2.11. The summed E-state index contributed by atoms with van der Waals surface area (Å²) >= 11 is 1.47. The topological polar surface area (TPSA) is 111 Å². The number of esters is 1. The molecule has 10 heteroatoms. The number of nitrogens with one attached hydrogen (secondary N) is 2. The van der Waals surface area contributed by atoms with E-state index < -0.39 is 34.5 Å². The van der Waals surface area contributed by atoms with Crippen LogP contribution >= 0.6 is 11.8 Å². The molecule has 2 unspecified atom stereocenters. The van der Waals surface area contributed by atoms with Gasteiger partial charge in [0.15, 0.2) is 6.61 Å². The molecule has 0 saturated carbocycles. The lowest BCUT2D eigenvalue weighted by Gasteiger charge is -2.18. The van der Waals surface area contributed by atoms with E-state index in [-0.39, 0.29) is 17.4 Å². The standard InChI is InChI=1S/C17H26N2O6S2/c1-13(11-24-2)18-16(20)12-25-17(21)15(9-10-26-3)19-27(22,23)14-7-5-4-6-8-14/h4-8,13,15,19H,9-12H2,1-3H3,(H,18,20). The van der Waals surface area contributed by atoms with Crippen molar-refractivity contribution in [1.29, 1.82) is 0 Å². The van der Waals surface area contributed by atoms with Crippen LogP contribution in [0, 0.1) is 0 Å². The second-order valence-electron chi connectivity index (χ2n) is 5.80. The fraction of sp³-hybridized carbons (Fsp3) is 0.529. The van der Waals surface area contributed by atoms with E-state index in [4.69, 9.17) is 9.47 Å². The van der Waals surface area contributed by atoms with Crippen LogP contribution in [0.2, 0.25) is 0 Å². The van der Waals surface area contributed by atoms with Crippen LogP contribution in [-0.4, -0.2) is 64.7 Å². The maximum absolute atomic E-state index is 12.4. The van der Waals surface area contributed by atoms with Crippen molar-refractivity contribution in [2.75, 3.05) is 32.3 Å². The maximum atomic E-state index is 12.4. The fourth-order valence-electron chi connectivity index (χ4n) is 2.16. The van der Waals surface area contributed by atoms with E-state index in [0.717, 1.165) is 0 Å². The van der Waals surface area contributed by atoms with E-state index in [9.17, 15) is 18.0 Å². The van der Waals surface area contributed by atoms with Crippen molar-refractivity contribution in [1.82, 2.24) is 10.0 Å². The lowest BCUT2D eigenvalue weighted by Crippen LogP contribution is -2.44. The quantitative estimate of drug-likeness (QED) is 0.483. The molecule has 2 atom stereocenters. The van der Waals surface area contributed by atoms with Gasteiger partial charge in [0.2, 0.25) is 10.0 Å². The van der Waals surface area contributed by atoms with Gasteiger partial charge in [-0.15, -0.1) is 0 Å². The van der Waals surface area contributed by atoms with Crippen molar-refractivity contribution >= 4 is 33.7 Å². The average Bonchev–Trinajstić information content (AvgIpc) is 2.64. The molecular weight excluding hydrogens is 392 g/mol. The Balaban J connectivity index is 2.70. The van der Waals surface area contributed by atoms with Crippen LogP contribution in [0.15, 0.2) is 35.2 Å². The largest absolute Gasteiger partial charge is 0.454 e. The van der Waals surface area contributed by atoms with Crippen LogP contribution in [0.1, 0.15) is 13.3 Å². The number of rotatable bonds is 12. The van der Waals surface area contributed by atoms with Gasteiger partial charge in [-0.25, -0.2) is 8.42 Å². The van der Waals surface area contributed by atoms with E-state index >= 15 is 0 Å². The molecule has 0 saturated heterocycles. The zero-order chi connectivity index (χ0) is 20.3. The predicted molar refractivity (Wildman–Crippen MR) is 104 cm³/mol. The van der Waals surface area contributed by atoms with Gasteiger partial charge >= 0.3 is 5.97 Å². The number of ether oxygens (including phenoxy) is 2. The van der Waals surface area contributed by atoms with Crippen LogP contribution in [0.3, 0.4) is 0 Å². The summed E-state index contributed by atoms with van der Waals surface area (Å²) in [6.45, 7) is 1.58. The third kappa shape index (κ3) is 8.74. The Labute approximate surface area is 164 Å². The summed E-state index contributed by atoms with van der Waals surface area (Å²) in [5.41, 5.74) is 0. The molecule has 0 bridgehead atoms. The first-order valence-corrected chi connectivity index (χ1v) is 11.2. The summed E-state index contributed by atoms with van der Waals surface area (Å²) in [4.78, 5) is 24.2. The molecule has 2 N–H and O–H groups in total. The Bertz CT molecular complexity index is 697. The number of thioether (sulfide) groups is 1. The molecule has 0 radical (unpaired) electrons. The Hall–Kier alpha value is -1.62. The van der Waals surface area contributed by atoms with Crippen LogP contribution in [-0.2, 0) is 29.1 Å². The van der Waals surface area contributed by atoms with Gasteiger partial charge in [0.1, 0.15) is 6.04 Å². The number of hydrogen-bond donors (Lipinski definition) is 2. The molecule has 152 valence electrons. The molecule has 27 heavy (non-hydrogen) atoms. The number of amides is 1. The lowest BCUT2D eigenvalue weighted by atomic mass is 10.2. The third-order valence-electron chi connectivity index (χ3n) is 3.42.